The van der Waals surface area contributed by atoms with Crippen LogP contribution in [0.5, 0.6) is 0 Å². The third-order valence-corrected chi connectivity index (χ3v) is 2.29. The summed E-state index contributed by atoms with van der Waals surface area (Å²) in [7, 11) is 3.02. The van der Waals surface area contributed by atoms with Crippen molar-refractivity contribution in [2.75, 3.05) is 14.2 Å². The maximum Gasteiger partial charge on any atom is 0.267 e. The Morgan fingerprint density at radius 2 is 2.19 bits per heavy atom. The van der Waals surface area contributed by atoms with Crippen LogP contribution in [0.25, 0.3) is 0 Å². The predicted octanol–water partition coefficient (Wildman–Crippen LogP) is 0.995. The van der Waals surface area contributed by atoms with Gasteiger partial charge in [-0.1, -0.05) is 11.6 Å². The number of primary amides is 1. The van der Waals surface area contributed by atoms with E-state index in [9.17, 15) is 4.79 Å². The van der Waals surface area contributed by atoms with Gasteiger partial charge in [-0.25, -0.2) is 4.98 Å². The van der Waals surface area contributed by atoms with E-state index >= 15 is 0 Å². The maximum atomic E-state index is 11.1. The van der Waals surface area contributed by atoms with Crippen LogP contribution in [0.15, 0.2) is 12.3 Å². The zero-order valence-corrected chi connectivity index (χ0v) is 9.82. The van der Waals surface area contributed by atoms with Gasteiger partial charge in [0.25, 0.3) is 5.91 Å². The first-order valence-electron chi connectivity index (χ1n) is 4.58. The van der Waals surface area contributed by atoms with E-state index in [1.54, 1.807) is 6.07 Å². The summed E-state index contributed by atoms with van der Waals surface area (Å²) >= 11 is 5.80. The van der Waals surface area contributed by atoms with Crippen LogP contribution >= 0.6 is 11.6 Å². The molecule has 1 aromatic heterocycles. The summed E-state index contributed by atoms with van der Waals surface area (Å²) in [6.07, 6.45) is 1.27. The molecule has 0 radical (unpaired) electrons. The molecule has 1 rings (SSSR count). The molecule has 0 unspecified atom stereocenters. The van der Waals surface area contributed by atoms with Crippen molar-refractivity contribution in [3.63, 3.8) is 0 Å². The smallest absolute Gasteiger partial charge is 0.267 e. The summed E-state index contributed by atoms with van der Waals surface area (Å²) < 4.78 is 10.1. The Morgan fingerprint density at radius 1 is 1.56 bits per heavy atom. The fraction of sp³-hybridized carbons (Fsp3) is 0.400. The Labute approximate surface area is 98.5 Å². The molecule has 0 bridgehead atoms. The topological polar surface area (TPSA) is 74.4 Å². The van der Waals surface area contributed by atoms with Gasteiger partial charge in [-0.15, -0.1) is 0 Å². The van der Waals surface area contributed by atoms with E-state index < -0.39 is 12.2 Å². The van der Waals surface area contributed by atoms with Crippen molar-refractivity contribution < 1.29 is 14.3 Å². The number of pyridine rings is 1. The molecule has 0 saturated heterocycles. The fourth-order valence-corrected chi connectivity index (χ4v) is 1.48. The van der Waals surface area contributed by atoms with E-state index in [4.69, 9.17) is 26.8 Å². The standard InChI is InChI=1S/C10H13ClN2O3/c1-15-8(16-2)4-6-3-7(11)5-13-9(6)10(12)14/h3,5,8H,4H2,1-2H3,(H2,12,14). The molecule has 16 heavy (non-hydrogen) atoms. The highest BCUT2D eigenvalue weighted by Gasteiger charge is 2.15. The lowest BCUT2D eigenvalue weighted by atomic mass is 10.1. The zero-order chi connectivity index (χ0) is 12.1. The monoisotopic (exact) mass is 244 g/mol. The number of methoxy groups -OCH3 is 2. The molecule has 0 spiro atoms. The molecule has 1 aromatic rings. The first-order chi connectivity index (χ1) is 7.58. The van der Waals surface area contributed by atoms with E-state index in [-0.39, 0.29) is 5.69 Å². The number of hydrogen-bond acceptors (Lipinski definition) is 4. The minimum absolute atomic E-state index is 0.184. The number of rotatable bonds is 5. The van der Waals surface area contributed by atoms with Crippen LogP contribution in [0.3, 0.4) is 0 Å². The number of ether oxygens (including phenoxy) is 2. The highest BCUT2D eigenvalue weighted by atomic mass is 35.5. The Hall–Kier alpha value is -1.17. The van der Waals surface area contributed by atoms with Crippen LogP contribution < -0.4 is 5.73 Å². The Bertz CT molecular complexity index is 380. The summed E-state index contributed by atoms with van der Waals surface area (Å²) in [4.78, 5) is 15.0. The van der Waals surface area contributed by atoms with Crippen molar-refractivity contribution in [3.05, 3.63) is 28.5 Å². The van der Waals surface area contributed by atoms with Gasteiger partial charge in [0.1, 0.15) is 5.69 Å². The van der Waals surface area contributed by atoms with Crippen molar-refractivity contribution in [3.8, 4) is 0 Å². The molecule has 0 saturated carbocycles. The molecular formula is C10H13ClN2O3. The van der Waals surface area contributed by atoms with E-state index in [2.05, 4.69) is 4.98 Å². The van der Waals surface area contributed by atoms with Crippen molar-refractivity contribution in [1.29, 1.82) is 0 Å². The highest BCUT2D eigenvalue weighted by Crippen LogP contribution is 2.16. The molecule has 6 heteroatoms. The number of amides is 1. The average Bonchev–Trinajstić information content (AvgIpc) is 2.25. The molecule has 5 nitrogen and oxygen atoms in total. The molecule has 0 aliphatic carbocycles. The normalized spacial score (nSPS) is 10.8. The van der Waals surface area contributed by atoms with E-state index in [0.717, 1.165) is 0 Å². The van der Waals surface area contributed by atoms with Crippen molar-refractivity contribution in [2.24, 2.45) is 5.73 Å². The second kappa shape index (κ2) is 5.79. The summed E-state index contributed by atoms with van der Waals surface area (Å²) in [6, 6.07) is 1.62. The molecular weight excluding hydrogens is 232 g/mol. The second-order valence-electron chi connectivity index (χ2n) is 3.13. The van der Waals surface area contributed by atoms with Crippen molar-refractivity contribution in [1.82, 2.24) is 4.98 Å². The van der Waals surface area contributed by atoms with Gasteiger partial charge >= 0.3 is 0 Å². The molecule has 2 N–H and O–H groups in total. The van der Waals surface area contributed by atoms with Gasteiger partial charge in [0.05, 0.1) is 5.02 Å². The molecule has 88 valence electrons. The lowest BCUT2D eigenvalue weighted by molar-refractivity contribution is -0.100. The first-order valence-corrected chi connectivity index (χ1v) is 4.96. The van der Waals surface area contributed by atoms with Crippen molar-refractivity contribution in [2.45, 2.75) is 12.7 Å². The minimum atomic E-state index is -0.599. The lowest BCUT2D eigenvalue weighted by Crippen LogP contribution is -2.21. The third-order valence-electron chi connectivity index (χ3n) is 2.08. The van der Waals surface area contributed by atoms with Crippen LogP contribution in [-0.2, 0) is 15.9 Å². The Morgan fingerprint density at radius 3 is 2.69 bits per heavy atom. The number of aromatic nitrogens is 1. The fourth-order valence-electron chi connectivity index (χ4n) is 1.30. The SMILES string of the molecule is COC(Cc1cc(Cl)cnc1C(N)=O)OC. The van der Waals surface area contributed by atoms with Gasteiger partial charge in [0, 0.05) is 26.8 Å². The summed E-state index contributed by atoms with van der Waals surface area (Å²) in [5.74, 6) is -0.599. The number of halogens is 1. The molecule has 1 amide bonds. The Kier molecular flexibility index (Phi) is 4.67. The van der Waals surface area contributed by atoms with Gasteiger partial charge in [-0.05, 0) is 11.6 Å². The lowest BCUT2D eigenvalue weighted by Gasteiger charge is -2.14. The van der Waals surface area contributed by atoms with Crippen LogP contribution in [-0.4, -0.2) is 31.4 Å². The molecule has 0 aliphatic rings. The van der Waals surface area contributed by atoms with E-state index in [1.807, 2.05) is 0 Å². The first kappa shape index (κ1) is 12.9. The highest BCUT2D eigenvalue weighted by molar-refractivity contribution is 6.30. The summed E-state index contributed by atoms with van der Waals surface area (Å²) in [5.41, 5.74) is 5.99. The van der Waals surface area contributed by atoms with E-state index in [0.29, 0.717) is 17.0 Å². The second-order valence-corrected chi connectivity index (χ2v) is 3.57. The number of carbonyl (C=O) groups is 1. The van der Waals surface area contributed by atoms with Crippen LogP contribution in [0.2, 0.25) is 5.02 Å². The molecule has 0 fully saturated rings. The molecule has 1 heterocycles. The van der Waals surface area contributed by atoms with E-state index in [1.165, 1.54) is 20.4 Å². The summed E-state index contributed by atoms with van der Waals surface area (Å²) in [6.45, 7) is 0. The Balaban J connectivity index is 3.00. The maximum absolute atomic E-state index is 11.1. The quantitative estimate of drug-likeness (QED) is 0.784. The number of nitrogens with two attached hydrogens (primary N) is 1. The summed E-state index contributed by atoms with van der Waals surface area (Å²) in [5, 5.41) is 0.436. The largest absolute Gasteiger partial charge is 0.364 e. The molecule has 0 aliphatic heterocycles. The third kappa shape index (κ3) is 3.16. The van der Waals surface area contributed by atoms with Crippen LogP contribution in [0.4, 0.5) is 0 Å². The molecule has 0 atom stereocenters. The van der Waals surface area contributed by atoms with Gasteiger partial charge in [0.2, 0.25) is 0 Å². The predicted molar refractivity (Wildman–Crippen MR) is 59.3 cm³/mol. The zero-order valence-electron chi connectivity index (χ0n) is 9.07. The number of carbonyl (C=O) groups excluding carboxylic acids is 1. The van der Waals surface area contributed by atoms with Crippen LogP contribution in [0.1, 0.15) is 16.1 Å². The van der Waals surface area contributed by atoms with Gasteiger partial charge in [0.15, 0.2) is 6.29 Å². The molecule has 0 aromatic carbocycles. The average molecular weight is 245 g/mol. The number of hydrogen-bond donors (Lipinski definition) is 1. The van der Waals surface area contributed by atoms with Gasteiger partial charge in [-0.2, -0.15) is 0 Å². The van der Waals surface area contributed by atoms with Crippen LogP contribution in [0, 0.1) is 0 Å². The van der Waals surface area contributed by atoms with Gasteiger partial charge < -0.3 is 15.2 Å². The number of nitrogens with zero attached hydrogens (tertiary/aromatic N) is 1. The minimum Gasteiger partial charge on any atom is -0.364 e. The van der Waals surface area contributed by atoms with Gasteiger partial charge in [-0.3, -0.25) is 4.79 Å². The van der Waals surface area contributed by atoms with Crippen molar-refractivity contribution >= 4 is 17.5 Å².